The lowest BCUT2D eigenvalue weighted by atomic mass is 9.91. The van der Waals surface area contributed by atoms with Crippen molar-refractivity contribution in [3.05, 3.63) is 107 Å². The number of rotatable bonds is 10. The first-order valence-corrected chi connectivity index (χ1v) is 18.1. The predicted octanol–water partition coefficient (Wildman–Crippen LogP) is 4.37. The van der Waals surface area contributed by atoms with E-state index in [0.29, 0.717) is 0 Å². The van der Waals surface area contributed by atoms with Gasteiger partial charge in [-0.05, 0) is 49.6 Å². The molecule has 2 aliphatic heterocycles. The van der Waals surface area contributed by atoms with Crippen LogP contribution >= 0.6 is 0 Å². The van der Waals surface area contributed by atoms with Crippen LogP contribution in [0.5, 0.6) is 0 Å². The number of benzene rings is 3. The minimum atomic E-state index is -1.09. The van der Waals surface area contributed by atoms with Gasteiger partial charge in [-0.3, -0.25) is 14.4 Å². The Labute approximate surface area is 312 Å². The van der Waals surface area contributed by atoms with E-state index in [1.807, 2.05) is 78.9 Å². The van der Waals surface area contributed by atoms with Gasteiger partial charge in [0.15, 0.2) is 0 Å². The molecule has 1 fully saturated rings. The molecule has 4 heterocycles. The maximum atomic E-state index is 14.4. The number of carbonyl (C=O) groups excluding carboxylic acids is 5. The Kier molecular flexibility index (Phi) is 9.89. The van der Waals surface area contributed by atoms with Crippen LogP contribution in [0.2, 0.25) is 0 Å². The summed E-state index contributed by atoms with van der Waals surface area (Å²) in [6.45, 7) is 5.19. The van der Waals surface area contributed by atoms with Gasteiger partial charge < -0.3 is 40.3 Å². The average Bonchev–Trinajstić information content (AvgIpc) is 3.83. The number of para-hydroxylation sites is 2. The molecule has 5 atom stereocenters. The molecule has 2 aromatic heterocycles. The van der Waals surface area contributed by atoms with Gasteiger partial charge in [0.05, 0.1) is 13.2 Å². The third-order valence-electron chi connectivity index (χ3n) is 10.1. The van der Waals surface area contributed by atoms with Crippen LogP contribution in [0, 0.1) is 0 Å². The van der Waals surface area contributed by atoms with E-state index in [2.05, 4.69) is 25.9 Å². The van der Waals surface area contributed by atoms with Crippen molar-refractivity contribution in [2.45, 2.75) is 82.3 Å². The summed E-state index contributed by atoms with van der Waals surface area (Å²) < 4.78 is 10.6. The number of ether oxygens (including phenoxy) is 2. The van der Waals surface area contributed by atoms with E-state index < -0.39 is 65.6 Å². The molecule has 54 heavy (non-hydrogen) atoms. The van der Waals surface area contributed by atoms with Gasteiger partial charge in [-0.15, -0.1) is 0 Å². The number of nitrogens with one attached hydrogen (secondary N) is 5. The van der Waals surface area contributed by atoms with Crippen LogP contribution in [0.1, 0.15) is 55.6 Å². The second kappa shape index (κ2) is 14.7. The van der Waals surface area contributed by atoms with Gasteiger partial charge in [0.1, 0.15) is 29.8 Å². The Morgan fingerprint density at radius 3 is 2.28 bits per heavy atom. The third-order valence-corrected chi connectivity index (χ3v) is 10.1. The molecule has 0 bridgehead atoms. The van der Waals surface area contributed by atoms with E-state index in [9.17, 15) is 24.0 Å². The van der Waals surface area contributed by atoms with Gasteiger partial charge in [0, 0.05) is 59.4 Å². The van der Waals surface area contributed by atoms with Crippen LogP contribution in [0.4, 0.5) is 4.79 Å². The summed E-state index contributed by atoms with van der Waals surface area (Å²) in [7, 11) is 1.27. The summed E-state index contributed by atoms with van der Waals surface area (Å²) >= 11 is 0. The van der Waals surface area contributed by atoms with E-state index in [-0.39, 0.29) is 25.7 Å². The van der Waals surface area contributed by atoms with Crippen molar-refractivity contribution in [3.63, 3.8) is 0 Å². The van der Waals surface area contributed by atoms with Crippen molar-refractivity contribution in [1.82, 2.24) is 30.8 Å². The standard InChI is InChI=1S/C41H44N6O7/c1-41(2,3)54-40(52)46-30(19-24-22-42-28-16-10-8-14-25(24)28)36(48)44-31-21-33-35-27(26-15-9-11-17-29(26)43-35)20-34(47(33)38(31)50)37(49)45-32(39(51)53-4)18-23-12-6-5-7-13-23/h5-17,22,30-34,42-43H,18-21H2,1-4H3,(H,44,48)(H,45,49)(H,46,52)/t30-,31-,32+,33+,34-/m1/s1. The minimum absolute atomic E-state index is 0.122. The number of aromatic amines is 2. The molecule has 0 radical (unpaired) electrons. The van der Waals surface area contributed by atoms with E-state index in [4.69, 9.17) is 9.47 Å². The molecule has 1 saturated heterocycles. The molecule has 0 saturated carbocycles. The van der Waals surface area contributed by atoms with Crippen molar-refractivity contribution >= 4 is 51.6 Å². The molecule has 4 amide bonds. The molecule has 5 N–H and O–H groups in total. The largest absolute Gasteiger partial charge is 0.467 e. The zero-order valence-corrected chi connectivity index (χ0v) is 30.6. The highest BCUT2D eigenvalue weighted by atomic mass is 16.6. The number of carbonyl (C=O) groups is 5. The highest BCUT2D eigenvalue weighted by molar-refractivity contribution is 5.98. The summed E-state index contributed by atoms with van der Waals surface area (Å²) in [6.07, 6.45) is 1.71. The van der Waals surface area contributed by atoms with Crippen LogP contribution < -0.4 is 16.0 Å². The first-order chi connectivity index (χ1) is 25.9. The number of hydrogen-bond donors (Lipinski definition) is 5. The normalized spacial score (nSPS) is 19.1. The lowest BCUT2D eigenvalue weighted by Gasteiger charge is -2.37. The number of aromatic nitrogens is 2. The topological polar surface area (TPSA) is 175 Å². The Hall–Kier alpha value is -6.11. The Bertz CT molecular complexity index is 2220. The maximum Gasteiger partial charge on any atom is 0.408 e. The molecule has 3 aromatic carbocycles. The van der Waals surface area contributed by atoms with E-state index in [1.54, 1.807) is 27.0 Å². The summed E-state index contributed by atoms with van der Waals surface area (Å²) in [4.78, 5) is 76.9. The van der Waals surface area contributed by atoms with Gasteiger partial charge in [-0.2, -0.15) is 0 Å². The Morgan fingerprint density at radius 2 is 1.56 bits per heavy atom. The molecule has 13 heteroatoms. The van der Waals surface area contributed by atoms with Crippen LogP contribution in [-0.2, 0) is 47.9 Å². The number of esters is 1. The zero-order chi connectivity index (χ0) is 38.1. The number of nitrogens with zero attached hydrogens (tertiary/aromatic N) is 1. The first-order valence-electron chi connectivity index (χ1n) is 18.1. The number of fused-ring (bicyclic) bond motifs is 6. The molecule has 13 nitrogen and oxygen atoms in total. The van der Waals surface area contributed by atoms with Gasteiger partial charge in [-0.1, -0.05) is 66.7 Å². The molecule has 0 spiro atoms. The smallest absolute Gasteiger partial charge is 0.408 e. The van der Waals surface area contributed by atoms with Crippen molar-refractivity contribution in [3.8, 4) is 0 Å². The lowest BCUT2D eigenvalue weighted by Crippen LogP contribution is -2.57. The van der Waals surface area contributed by atoms with Gasteiger partial charge in [-0.25, -0.2) is 9.59 Å². The molecule has 0 unspecified atom stereocenters. The maximum absolute atomic E-state index is 14.4. The van der Waals surface area contributed by atoms with Crippen LogP contribution in [0.15, 0.2) is 85.1 Å². The Balaban J connectivity index is 1.17. The third kappa shape index (κ3) is 7.39. The number of alkyl carbamates (subject to hydrolysis) is 1. The van der Waals surface area contributed by atoms with Crippen LogP contribution in [0.25, 0.3) is 21.8 Å². The van der Waals surface area contributed by atoms with Gasteiger partial charge in [0.2, 0.25) is 17.7 Å². The fourth-order valence-electron chi connectivity index (χ4n) is 7.66. The molecular weight excluding hydrogens is 688 g/mol. The molecular formula is C41H44N6O7. The number of H-pyrrole nitrogens is 2. The number of amides is 4. The fraction of sp³-hybridized carbons (Fsp3) is 0.341. The SMILES string of the molecule is COC(=O)[C@H](Cc1ccccc1)NC(=O)[C@H]1Cc2c([nH]c3ccccc23)[C@@H]2C[C@@H](NC(=O)[C@@H](Cc3c[nH]c4ccccc34)NC(=O)OC(C)(C)C)C(=O)N12. The summed E-state index contributed by atoms with van der Waals surface area (Å²) in [6, 6.07) is 20.0. The fourth-order valence-corrected chi connectivity index (χ4v) is 7.66. The lowest BCUT2D eigenvalue weighted by molar-refractivity contribution is -0.147. The monoisotopic (exact) mass is 732 g/mol. The summed E-state index contributed by atoms with van der Waals surface area (Å²) in [5.74, 6) is -2.13. The second-order valence-electron chi connectivity index (χ2n) is 14.9. The number of methoxy groups -OCH3 is 1. The van der Waals surface area contributed by atoms with Gasteiger partial charge >= 0.3 is 12.1 Å². The van der Waals surface area contributed by atoms with E-state index in [0.717, 1.165) is 44.2 Å². The van der Waals surface area contributed by atoms with Crippen LogP contribution in [-0.4, -0.2) is 81.5 Å². The minimum Gasteiger partial charge on any atom is -0.467 e. The van der Waals surface area contributed by atoms with Crippen molar-refractivity contribution in [1.29, 1.82) is 0 Å². The highest BCUT2D eigenvalue weighted by Crippen LogP contribution is 2.43. The van der Waals surface area contributed by atoms with E-state index in [1.165, 1.54) is 12.0 Å². The highest BCUT2D eigenvalue weighted by Gasteiger charge is 2.51. The van der Waals surface area contributed by atoms with E-state index >= 15 is 0 Å². The summed E-state index contributed by atoms with van der Waals surface area (Å²) in [5.41, 5.74) is 4.25. The molecule has 2 aliphatic rings. The molecule has 7 rings (SSSR count). The quantitative estimate of drug-likeness (QED) is 0.133. The molecule has 280 valence electrons. The van der Waals surface area contributed by atoms with Crippen molar-refractivity contribution in [2.75, 3.05) is 7.11 Å². The first kappa shape index (κ1) is 36.3. The summed E-state index contributed by atoms with van der Waals surface area (Å²) in [5, 5.41) is 10.3. The predicted molar refractivity (Wildman–Crippen MR) is 201 cm³/mol. The van der Waals surface area contributed by atoms with Crippen LogP contribution in [0.3, 0.4) is 0 Å². The van der Waals surface area contributed by atoms with Crippen molar-refractivity contribution < 1.29 is 33.4 Å². The Morgan fingerprint density at radius 1 is 0.870 bits per heavy atom. The second-order valence-corrected chi connectivity index (χ2v) is 14.9. The molecule has 0 aliphatic carbocycles. The average molecular weight is 733 g/mol. The number of hydrogen-bond acceptors (Lipinski definition) is 7. The molecule has 5 aromatic rings. The zero-order valence-electron chi connectivity index (χ0n) is 30.6. The van der Waals surface area contributed by atoms with Crippen molar-refractivity contribution in [2.24, 2.45) is 0 Å². The van der Waals surface area contributed by atoms with Gasteiger partial charge in [0.25, 0.3) is 0 Å².